The number of hydrogen-bond acceptors (Lipinski definition) is 12. The zero-order valence-corrected chi connectivity index (χ0v) is 29.0. The molecule has 0 unspecified atom stereocenters. The Kier molecular flexibility index (Phi) is 9.67. The molecule has 2 saturated heterocycles. The summed E-state index contributed by atoms with van der Waals surface area (Å²) in [5.74, 6) is 1.24. The summed E-state index contributed by atoms with van der Waals surface area (Å²) in [5, 5.41) is 35.8. The van der Waals surface area contributed by atoms with Crippen LogP contribution < -0.4 is 20.9 Å². The minimum Gasteiger partial charge on any atom is -0.387 e. The lowest BCUT2D eigenvalue weighted by atomic mass is 9.91. The number of nitrogens with zero attached hydrogens (tertiary/aromatic N) is 7. The van der Waals surface area contributed by atoms with E-state index < -0.39 is 24.5 Å². The topological polar surface area (TPSA) is 189 Å². The van der Waals surface area contributed by atoms with Gasteiger partial charge in [-0.25, -0.2) is 9.78 Å². The monoisotopic (exact) mass is 716 g/mol. The number of nitrogens with one attached hydrogen (secondary N) is 3. The highest BCUT2D eigenvalue weighted by Gasteiger charge is 2.47. The summed E-state index contributed by atoms with van der Waals surface area (Å²) in [6.07, 6.45) is 1.51. The zero-order valence-electron chi connectivity index (χ0n) is 29.0. The van der Waals surface area contributed by atoms with Gasteiger partial charge in [-0.05, 0) is 36.1 Å². The van der Waals surface area contributed by atoms with Gasteiger partial charge in [0.15, 0.2) is 29.0 Å². The Labute approximate surface area is 305 Å². The number of rotatable bonds is 11. The lowest BCUT2D eigenvalue weighted by Gasteiger charge is -2.22. The predicted octanol–water partition coefficient (Wildman–Crippen LogP) is 4.41. The summed E-state index contributed by atoms with van der Waals surface area (Å²) < 4.78 is 13.3. The van der Waals surface area contributed by atoms with Gasteiger partial charge < -0.3 is 40.3 Å². The first-order valence-corrected chi connectivity index (χ1v) is 17.7. The average Bonchev–Trinajstić information content (AvgIpc) is 4.00. The minimum absolute atomic E-state index is 0.00236. The van der Waals surface area contributed by atoms with Gasteiger partial charge in [-0.2, -0.15) is 9.97 Å². The van der Waals surface area contributed by atoms with Crippen LogP contribution in [0.4, 0.5) is 22.2 Å². The van der Waals surface area contributed by atoms with Gasteiger partial charge in [-0.15, -0.1) is 0 Å². The van der Waals surface area contributed by atoms with E-state index in [2.05, 4.69) is 50.4 Å². The smallest absolute Gasteiger partial charge is 0.319 e. The molecule has 5 N–H and O–H groups in total. The van der Waals surface area contributed by atoms with E-state index in [1.165, 1.54) is 6.33 Å². The first-order chi connectivity index (χ1) is 25.9. The third-order valence-corrected chi connectivity index (χ3v) is 9.75. The van der Waals surface area contributed by atoms with Crippen LogP contribution >= 0.6 is 0 Å². The normalized spacial score (nSPS) is 21.4. The molecule has 6 heterocycles. The van der Waals surface area contributed by atoms with Crippen LogP contribution in [0.25, 0.3) is 11.2 Å². The number of urea groups is 1. The first kappa shape index (κ1) is 34.2. The molecule has 2 aliphatic heterocycles. The Bertz CT molecular complexity index is 2110. The second-order valence-corrected chi connectivity index (χ2v) is 13.2. The summed E-state index contributed by atoms with van der Waals surface area (Å²) in [5.41, 5.74) is 4.47. The molecule has 15 nitrogen and oxygen atoms in total. The van der Waals surface area contributed by atoms with Crippen LogP contribution in [-0.4, -0.2) is 83.8 Å². The second-order valence-electron chi connectivity index (χ2n) is 13.2. The number of aryl methyl sites for hydroxylation is 1. The first-order valence-electron chi connectivity index (χ1n) is 17.7. The summed E-state index contributed by atoms with van der Waals surface area (Å²) >= 11 is 0. The number of amides is 2. The number of hydrogen-bond donors (Lipinski definition) is 5. The van der Waals surface area contributed by atoms with Crippen molar-refractivity contribution in [3.63, 3.8) is 0 Å². The Hall–Kier alpha value is -5.90. The highest BCUT2D eigenvalue weighted by Crippen LogP contribution is 2.41. The number of aromatic nitrogens is 6. The average molecular weight is 717 g/mol. The second kappa shape index (κ2) is 15.0. The molecule has 6 aromatic rings. The predicted molar refractivity (Wildman–Crippen MR) is 196 cm³/mol. The highest BCUT2D eigenvalue weighted by molar-refractivity contribution is 5.89. The van der Waals surface area contributed by atoms with E-state index in [0.29, 0.717) is 72.5 Å². The van der Waals surface area contributed by atoms with E-state index in [9.17, 15) is 15.0 Å². The molecule has 0 radical (unpaired) electrons. The standard InChI is InChI=1S/C38H40N10O5/c1-2-25-18-29(53-46-25)33-31(49)32(50)36(52-33)48-22-41-30-34(40-20-28(23-10-5-3-6-11-23)24-12-7-4-8-13-24)44-37(45-35(30)48)47-17-15-27(21-47)43-38(51)42-26-14-9-16-39-19-26/h3-14,16,18-19,22,27-28,31-33,36,49-50H,2,15,17,20-21H2,1H3,(H,40,44,45)(H2,42,43,51)/t27-,31+,32+,33-,36-/m1/s1. The van der Waals surface area contributed by atoms with Gasteiger partial charge in [-0.3, -0.25) is 9.55 Å². The maximum absolute atomic E-state index is 12.8. The third-order valence-electron chi connectivity index (χ3n) is 9.75. The molecule has 2 fully saturated rings. The molecular weight excluding hydrogens is 676 g/mol. The molecule has 0 bridgehead atoms. The number of aliphatic hydroxyl groups is 2. The molecule has 2 aliphatic rings. The van der Waals surface area contributed by atoms with Crippen LogP contribution in [0.1, 0.15) is 54.2 Å². The maximum atomic E-state index is 12.8. The van der Waals surface area contributed by atoms with Crippen molar-refractivity contribution in [1.29, 1.82) is 0 Å². The number of imidazole rings is 1. The molecule has 272 valence electrons. The summed E-state index contributed by atoms with van der Waals surface area (Å²) in [6, 6.07) is 25.3. The van der Waals surface area contributed by atoms with E-state index in [0.717, 1.165) is 11.1 Å². The summed E-state index contributed by atoms with van der Waals surface area (Å²) in [4.78, 5) is 33.5. The number of anilines is 3. The number of carbonyl (C=O) groups excluding carboxylic acids is 1. The van der Waals surface area contributed by atoms with E-state index >= 15 is 0 Å². The third kappa shape index (κ3) is 7.13. The van der Waals surface area contributed by atoms with Gasteiger partial charge in [0.2, 0.25) is 5.95 Å². The molecule has 0 spiro atoms. The van der Waals surface area contributed by atoms with E-state index in [4.69, 9.17) is 24.2 Å². The number of fused-ring (bicyclic) bond motifs is 1. The fourth-order valence-electron chi connectivity index (χ4n) is 6.96. The van der Waals surface area contributed by atoms with Gasteiger partial charge in [0, 0.05) is 43.9 Å². The Morgan fingerprint density at radius 1 is 1.00 bits per heavy atom. The molecule has 5 atom stereocenters. The number of benzene rings is 2. The van der Waals surface area contributed by atoms with Crippen molar-refractivity contribution in [2.24, 2.45) is 0 Å². The largest absolute Gasteiger partial charge is 0.387 e. The lowest BCUT2D eigenvalue weighted by Crippen LogP contribution is -2.40. The molecule has 4 aromatic heterocycles. The minimum atomic E-state index is -1.32. The lowest BCUT2D eigenvalue weighted by molar-refractivity contribution is -0.0434. The number of ether oxygens (including phenoxy) is 1. The van der Waals surface area contributed by atoms with Crippen LogP contribution in [0.15, 0.2) is 102 Å². The molecule has 0 saturated carbocycles. The van der Waals surface area contributed by atoms with Gasteiger partial charge in [0.1, 0.15) is 18.3 Å². The van der Waals surface area contributed by atoms with Gasteiger partial charge >= 0.3 is 6.03 Å². The van der Waals surface area contributed by atoms with Crippen molar-refractivity contribution in [1.82, 2.24) is 35.0 Å². The summed E-state index contributed by atoms with van der Waals surface area (Å²) in [6.45, 7) is 3.50. The van der Waals surface area contributed by atoms with Crippen LogP contribution in [0, 0.1) is 0 Å². The van der Waals surface area contributed by atoms with E-state index in [1.807, 2.05) is 48.2 Å². The van der Waals surface area contributed by atoms with Gasteiger partial charge in [-0.1, -0.05) is 72.7 Å². The summed E-state index contributed by atoms with van der Waals surface area (Å²) in [7, 11) is 0. The fourth-order valence-corrected chi connectivity index (χ4v) is 6.96. The van der Waals surface area contributed by atoms with Crippen molar-refractivity contribution < 1.29 is 24.3 Å². The SMILES string of the molecule is CCc1cc([C@H]2O[C@@H](n3cnc4c(NCC(c5ccccc5)c5ccccc5)nc(N5CC[C@@H](NC(=O)Nc6cccnc6)C5)nc43)[C@@H](O)[C@@H]2O)on1. The maximum Gasteiger partial charge on any atom is 0.319 e. The Morgan fingerprint density at radius 3 is 2.47 bits per heavy atom. The Morgan fingerprint density at radius 2 is 1.77 bits per heavy atom. The van der Waals surface area contributed by atoms with Crippen molar-refractivity contribution in [3.8, 4) is 0 Å². The number of carbonyl (C=O) groups is 1. The van der Waals surface area contributed by atoms with Crippen LogP contribution in [-0.2, 0) is 11.2 Å². The van der Waals surface area contributed by atoms with Crippen molar-refractivity contribution in [2.45, 2.75) is 56.3 Å². The van der Waals surface area contributed by atoms with Crippen LogP contribution in [0.3, 0.4) is 0 Å². The fraction of sp³-hybridized carbons (Fsp3) is 0.316. The van der Waals surface area contributed by atoms with E-state index in [1.54, 1.807) is 35.2 Å². The quantitative estimate of drug-likeness (QED) is 0.127. The molecule has 15 heteroatoms. The molecule has 2 aromatic carbocycles. The molecule has 53 heavy (non-hydrogen) atoms. The molecular formula is C38H40N10O5. The number of pyridine rings is 1. The molecule has 0 aliphatic carbocycles. The number of aliphatic hydroxyl groups excluding tert-OH is 2. The van der Waals surface area contributed by atoms with Crippen molar-refractivity contribution >= 4 is 34.6 Å². The van der Waals surface area contributed by atoms with Crippen LogP contribution in [0.2, 0.25) is 0 Å². The van der Waals surface area contributed by atoms with Crippen LogP contribution in [0.5, 0.6) is 0 Å². The van der Waals surface area contributed by atoms with Gasteiger partial charge in [0.25, 0.3) is 0 Å². The highest BCUT2D eigenvalue weighted by atomic mass is 16.6. The van der Waals surface area contributed by atoms with Crippen molar-refractivity contribution in [2.75, 3.05) is 35.2 Å². The molecule has 2 amide bonds. The molecule has 8 rings (SSSR count). The zero-order chi connectivity index (χ0) is 36.3. The van der Waals surface area contributed by atoms with Gasteiger partial charge in [0.05, 0.1) is 23.9 Å². The Balaban J connectivity index is 1.10. The van der Waals surface area contributed by atoms with Crippen molar-refractivity contribution in [3.05, 3.63) is 120 Å². The van der Waals surface area contributed by atoms with E-state index in [-0.39, 0.29) is 18.0 Å².